The van der Waals surface area contributed by atoms with Gasteiger partial charge in [-0.15, -0.1) is 0 Å². The van der Waals surface area contributed by atoms with Gasteiger partial charge in [0.05, 0.1) is 5.71 Å². The van der Waals surface area contributed by atoms with Gasteiger partial charge in [-0.25, -0.2) is 0 Å². The molecule has 2 nitrogen and oxygen atoms in total. The van der Waals surface area contributed by atoms with Crippen LogP contribution in [0.4, 0.5) is 5.69 Å². The summed E-state index contributed by atoms with van der Waals surface area (Å²) in [5, 5.41) is 3.64. The predicted octanol–water partition coefficient (Wildman–Crippen LogP) is 7.98. The highest BCUT2D eigenvalue weighted by molar-refractivity contribution is 6.17. The Hall–Kier alpha value is -4.43. The van der Waals surface area contributed by atoms with Crippen LogP contribution in [0.3, 0.4) is 0 Å². The Labute approximate surface area is 200 Å². The molecule has 6 rings (SSSR count). The number of nitrogens with one attached hydrogen (secondary N) is 1. The molecule has 0 bridgehead atoms. The Morgan fingerprint density at radius 3 is 1.74 bits per heavy atom. The number of aliphatic imine (C=N–C) groups is 1. The van der Waals surface area contributed by atoms with Crippen molar-refractivity contribution in [2.24, 2.45) is 4.99 Å². The van der Waals surface area contributed by atoms with Crippen LogP contribution >= 0.6 is 0 Å². The monoisotopic (exact) mass is 436 g/mol. The molecule has 5 aromatic carbocycles. The van der Waals surface area contributed by atoms with Crippen LogP contribution in [0.25, 0.3) is 22.3 Å². The van der Waals surface area contributed by atoms with Crippen molar-refractivity contribution in [1.82, 2.24) is 0 Å². The molecule has 1 aliphatic rings. The molecule has 1 heterocycles. The maximum absolute atomic E-state index is 5.17. The van der Waals surface area contributed by atoms with E-state index in [0.717, 1.165) is 28.1 Å². The number of anilines is 1. The summed E-state index contributed by atoms with van der Waals surface area (Å²) in [6.45, 7) is 0. The van der Waals surface area contributed by atoms with Gasteiger partial charge < -0.3 is 5.32 Å². The minimum Gasteiger partial charge on any atom is -0.360 e. The summed E-state index contributed by atoms with van der Waals surface area (Å²) in [5.41, 5.74) is 10.3. The normalized spacial score (nSPS) is 14.6. The van der Waals surface area contributed by atoms with Crippen molar-refractivity contribution in [2.75, 3.05) is 5.32 Å². The number of rotatable bonds is 4. The van der Waals surface area contributed by atoms with Crippen molar-refractivity contribution in [3.8, 4) is 22.3 Å². The zero-order chi connectivity index (χ0) is 22.7. The highest BCUT2D eigenvalue weighted by Crippen LogP contribution is 2.35. The van der Waals surface area contributed by atoms with Gasteiger partial charge in [-0.1, -0.05) is 115 Å². The molecule has 1 N–H and O–H groups in total. The summed E-state index contributed by atoms with van der Waals surface area (Å²) >= 11 is 0. The standard InChI is InChI=1S/C32H24N2/c1-4-11-23(12-5-1)26-17-10-18-27(21-26)28-19-20-30-29(22-28)31(24-13-6-2-7-14-24)34-32(33-30)25-15-8-3-9-16-25/h1-22,32-33H. The fourth-order valence-electron chi connectivity index (χ4n) is 4.55. The number of nitrogens with zero attached hydrogens (tertiary/aromatic N) is 1. The van der Waals surface area contributed by atoms with E-state index < -0.39 is 0 Å². The third-order valence-corrected chi connectivity index (χ3v) is 6.29. The summed E-state index contributed by atoms with van der Waals surface area (Å²) < 4.78 is 0. The van der Waals surface area contributed by atoms with E-state index in [9.17, 15) is 0 Å². The van der Waals surface area contributed by atoms with Gasteiger partial charge in [-0.05, 0) is 46.0 Å². The topological polar surface area (TPSA) is 24.4 Å². The Kier molecular flexibility index (Phi) is 5.25. The number of fused-ring (bicyclic) bond motifs is 1. The minimum atomic E-state index is -0.115. The Morgan fingerprint density at radius 1 is 0.471 bits per heavy atom. The third kappa shape index (κ3) is 3.91. The summed E-state index contributed by atoms with van der Waals surface area (Å²) in [6, 6.07) is 46.8. The lowest BCUT2D eigenvalue weighted by Gasteiger charge is -2.27. The maximum atomic E-state index is 5.17. The summed E-state index contributed by atoms with van der Waals surface area (Å²) in [6.07, 6.45) is -0.115. The predicted molar refractivity (Wildman–Crippen MR) is 142 cm³/mol. The smallest absolute Gasteiger partial charge is 0.145 e. The summed E-state index contributed by atoms with van der Waals surface area (Å²) in [7, 11) is 0. The number of benzene rings is 5. The van der Waals surface area contributed by atoms with Crippen LogP contribution in [-0.2, 0) is 0 Å². The van der Waals surface area contributed by atoms with Gasteiger partial charge in [0.15, 0.2) is 0 Å². The highest BCUT2D eigenvalue weighted by Gasteiger charge is 2.23. The lowest BCUT2D eigenvalue weighted by atomic mass is 9.93. The van der Waals surface area contributed by atoms with Crippen molar-refractivity contribution in [3.63, 3.8) is 0 Å². The lowest BCUT2D eigenvalue weighted by molar-refractivity contribution is 0.828. The van der Waals surface area contributed by atoms with Crippen LogP contribution in [0.2, 0.25) is 0 Å². The second-order valence-corrected chi connectivity index (χ2v) is 8.51. The first-order valence-electron chi connectivity index (χ1n) is 11.6. The largest absolute Gasteiger partial charge is 0.360 e. The Bertz CT molecular complexity index is 1460. The average Bonchev–Trinajstić information content (AvgIpc) is 2.93. The molecule has 1 aliphatic heterocycles. The van der Waals surface area contributed by atoms with Gasteiger partial charge in [-0.3, -0.25) is 4.99 Å². The first-order chi connectivity index (χ1) is 16.8. The second kappa shape index (κ2) is 8.84. The van der Waals surface area contributed by atoms with Crippen molar-refractivity contribution >= 4 is 11.4 Å². The van der Waals surface area contributed by atoms with Crippen LogP contribution in [0, 0.1) is 0 Å². The zero-order valence-corrected chi connectivity index (χ0v) is 18.7. The van der Waals surface area contributed by atoms with Crippen molar-refractivity contribution in [1.29, 1.82) is 0 Å². The van der Waals surface area contributed by atoms with E-state index in [1.165, 1.54) is 22.3 Å². The maximum Gasteiger partial charge on any atom is 0.145 e. The first kappa shape index (κ1) is 20.2. The molecule has 1 atom stereocenters. The van der Waals surface area contributed by atoms with Crippen molar-refractivity contribution in [2.45, 2.75) is 6.17 Å². The number of hydrogen-bond donors (Lipinski definition) is 1. The molecule has 0 amide bonds. The van der Waals surface area contributed by atoms with E-state index in [0.29, 0.717) is 0 Å². The quantitative estimate of drug-likeness (QED) is 0.303. The van der Waals surface area contributed by atoms with Gasteiger partial charge in [0.25, 0.3) is 0 Å². The second-order valence-electron chi connectivity index (χ2n) is 8.51. The van der Waals surface area contributed by atoms with Crippen LogP contribution < -0.4 is 5.32 Å². The first-order valence-corrected chi connectivity index (χ1v) is 11.6. The van der Waals surface area contributed by atoms with Gasteiger partial charge in [0, 0.05) is 16.8 Å². The molecule has 34 heavy (non-hydrogen) atoms. The van der Waals surface area contributed by atoms with Crippen LogP contribution in [0.1, 0.15) is 22.9 Å². The molecule has 0 saturated heterocycles. The van der Waals surface area contributed by atoms with Crippen molar-refractivity contribution in [3.05, 3.63) is 150 Å². The molecular weight excluding hydrogens is 412 g/mol. The summed E-state index contributed by atoms with van der Waals surface area (Å²) in [5.74, 6) is 0. The highest BCUT2D eigenvalue weighted by atomic mass is 15.1. The van der Waals surface area contributed by atoms with Gasteiger partial charge in [-0.2, -0.15) is 0 Å². The van der Waals surface area contributed by atoms with Crippen molar-refractivity contribution < 1.29 is 0 Å². The fourth-order valence-corrected chi connectivity index (χ4v) is 4.55. The van der Waals surface area contributed by atoms with Gasteiger partial charge in [0.2, 0.25) is 0 Å². The third-order valence-electron chi connectivity index (χ3n) is 6.29. The van der Waals surface area contributed by atoms with E-state index >= 15 is 0 Å². The van der Waals surface area contributed by atoms with E-state index in [4.69, 9.17) is 4.99 Å². The molecule has 0 radical (unpaired) electrons. The van der Waals surface area contributed by atoms with E-state index in [1.807, 2.05) is 12.1 Å². The van der Waals surface area contributed by atoms with Crippen LogP contribution in [0.15, 0.2) is 138 Å². The molecule has 0 aliphatic carbocycles. The SMILES string of the molecule is c1ccc(C2=NC(c3ccccc3)Nc3ccc(-c4cccc(-c5ccccc5)c4)cc32)cc1. The molecule has 0 fully saturated rings. The van der Waals surface area contributed by atoms with E-state index in [1.54, 1.807) is 0 Å². The van der Waals surface area contributed by atoms with Crippen LogP contribution in [0.5, 0.6) is 0 Å². The molecule has 162 valence electrons. The molecule has 1 unspecified atom stereocenters. The molecule has 5 aromatic rings. The molecule has 0 saturated carbocycles. The Morgan fingerprint density at radius 2 is 1.03 bits per heavy atom. The fraction of sp³-hybridized carbons (Fsp3) is 0.0312. The zero-order valence-electron chi connectivity index (χ0n) is 18.7. The molecule has 0 aromatic heterocycles. The minimum absolute atomic E-state index is 0.115. The number of hydrogen-bond acceptors (Lipinski definition) is 2. The summed E-state index contributed by atoms with van der Waals surface area (Å²) in [4.78, 5) is 5.17. The molecular formula is C32H24N2. The molecule has 2 heteroatoms. The lowest BCUT2D eigenvalue weighted by Crippen LogP contribution is -2.20. The Balaban J connectivity index is 1.45. The van der Waals surface area contributed by atoms with E-state index in [2.05, 4.69) is 127 Å². The van der Waals surface area contributed by atoms with E-state index in [-0.39, 0.29) is 6.17 Å². The van der Waals surface area contributed by atoms with Gasteiger partial charge in [0.1, 0.15) is 6.17 Å². The average molecular weight is 437 g/mol. The van der Waals surface area contributed by atoms with Crippen LogP contribution in [-0.4, -0.2) is 5.71 Å². The molecule has 0 spiro atoms. The van der Waals surface area contributed by atoms with Gasteiger partial charge >= 0.3 is 0 Å².